The van der Waals surface area contributed by atoms with Crippen molar-refractivity contribution in [3.05, 3.63) is 35.4 Å². The molecular weight excluding hydrogens is 172 g/mol. The summed E-state index contributed by atoms with van der Waals surface area (Å²) in [7, 11) is 0. The molecule has 0 amide bonds. The van der Waals surface area contributed by atoms with Gasteiger partial charge in [0, 0.05) is 5.56 Å². The highest BCUT2D eigenvalue weighted by Crippen LogP contribution is 2.04. The first kappa shape index (κ1) is 11.3. The SMILES string of the molecule is CC(=O)c1ccc(C(=O)O)cc1.O. The molecule has 0 bridgehead atoms. The number of Topliss-reactive ketones (excluding diaryl/α,β-unsaturated/α-hetero) is 1. The van der Waals surface area contributed by atoms with Crippen LogP contribution in [0.4, 0.5) is 0 Å². The van der Waals surface area contributed by atoms with E-state index in [1.807, 2.05) is 0 Å². The van der Waals surface area contributed by atoms with E-state index < -0.39 is 5.97 Å². The molecule has 4 heteroatoms. The smallest absolute Gasteiger partial charge is 0.335 e. The molecule has 1 aromatic rings. The van der Waals surface area contributed by atoms with Crippen LogP contribution in [-0.4, -0.2) is 22.3 Å². The van der Waals surface area contributed by atoms with E-state index in [-0.39, 0.29) is 16.8 Å². The third kappa shape index (κ3) is 2.68. The fourth-order valence-electron chi connectivity index (χ4n) is 0.848. The number of carbonyl (C=O) groups is 2. The standard InChI is InChI=1S/C9H8O3.H2O/c1-6(10)7-2-4-8(5-3-7)9(11)12;/h2-5H,1H3,(H,11,12);1H2. The zero-order valence-electron chi connectivity index (χ0n) is 7.07. The van der Waals surface area contributed by atoms with Gasteiger partial charge in [0.25, 0.3) is 0 Å². The van der Waals surface area contributed by atoms with Crippen LogP contribution in [0.25, 0.3) is 0 Å². The van der Waals surface area contributed by atoms with E-state index in [1.165, 1.54) is 31.2 Å². The summed E-state index contributed by atoms with van der Waals surface area (Å²) in [6, 6.07) is 5.84. The monoisotopic (exact) mass is 182 g/mol. The molecular formula is C9H10O4. The minimum absolute atomic E-state index is 0. The molecule has 4 nitrogen and oxygen atoms in total. The Labute approximate surface area is 75.1 Å². The topological polar surface area (TPSA) is 85.9 Å². The van der Waals surface area contributed by atoms with Crippen LogP contribution in [-0.2, 0) is 0 Å². The van der Waals surface area contributed by atoms with E-state index in [2.05, 4.69) is 0 Å². The van der Waals surface area contributed by atoms with Gasteiger partial charge in [0.15, 0.2) is 5.78 Å². The molecule has 0 aliphatic heterocycles. The molecule has 0 radical (unpaired) electrons. The summed E-state index contributed by atoms with van der Waals surface area (Å²) in [6.07, 6.45) is 0. The first-order valence-corrected chi connectivity index (χ1v) is 3.45. The first-order valence-electron chi connectivity index (χ1n) is 3.45. The lowest BCUT2D eigenvalue weighted by Crippen LogP contribution is -1.97. The zero-order valence-corrected chi connectivity index (χ0v) is 7.07. The third-order valence-electron chi connectivity index (χ3n) is 1.54. The second-order valence-electron chi connectivity index (χ2n) is 2.44. The lowest BCUT2D eigenvalue weighted by Gasteiger charge is -1.95. The molecule has 0 unspecified atom stereocenters. The van der Waals surface area contributed by atoms with E-state index in [1.54, 1.807) is 0 Å². The summed E-state index contributed by atoms with van der Waals surface area (Å²) in [6.45, 7) is 1.44. The van der Waals surface area contributed by atoms with Gasteiger partial charge < -0.3 is 10.6 Å². The maximum atomic E-state index is 10.8. The average molecular weight is 182 g/mol. The number of carboxylic acid groups (broad SMARTS) is 1. The predicted octanol–water partition coefficient (Wildman–Crippen LogP) is 0.763. The molecule has 0 saturated carbocycles. The molecule has 0 heterocycles. The molecule has 0 aliphatic rings. The van der Waals surface area contributed by atoms with Crippen molar-refractivity contribution in [2.75, 3.05) is 0 Å². The normalized spacial score (nSPS) is 8.69. The number of ketones is 1. The van der Waals surface area contributed by atoms with E-state index >= 15 is 0 Å². The van der Waals surface area contributed by atoms with Crippen LogP contribution < -0.4 is 0 Å². The predicted molar refractivity (Wildman–Crippen MR) is 47.0 cm³/mol. The molecule has 0 fully saturated rings. The van der Waals surface area contributed by atoms with Gasteiger partial charge in [-0.05, 0) is 19.1 Å². The van der Waals surface area contributed by atoms with Gasteiger partial charge in [0.05, 0.1) is 5.56 Å². The number of carboxylic acids is 1. The van der Waals surface area contributed by atoms with Crippen molar-refractivity contribution < 1.29 is 20.2 Å². The largest absolute Gasteiger partial charge is 0.478 e. The van der Waals surface area contributed by atoms with Crippen LogP contribution >= 0.6 is 0 Å². The van der Waals surface area contributed by atoms with Crippen molar-refractivity contribution >= 4 is 11.8 Å². The molecule has 1 aromatic carbocycles. The van der Waals surface area contributed by atoms with Crippen molar-refractivity contribution in [1.82, 2.24) is 0 Å². The van der Waals surface area contributed by atoms with E-state index in [0.717, 1.165) is 0 Å². The maximum absolute atomic E-state index is 10.8. The summed E-state index contributed by atoms with van der Waals surface area (Å²) in [4.78, 5) is 21.2. The number of aromatic carboxylic acids is 1. The molecule has 13 heavy (non-hydrogen) atoms. The van der Waals surface area contributed by atoms with Crippen molar-refractivity contribution in [3.8, 4) is 0 Å². The number of hydrogen-bond acceptors (Lipinski definition) is 2. The Kier molecular flexibility index (Phi) is 3.81. The Hall–Kier alpha value is -1.68. The Balaban J connectivity index is 0.00000144. The lowest BCUT2D eigenvalue weighted by atomic mass is 10.1. The van der Waals surface area contributed by atoms with Gasteiger partial charge in [-0.3, -0.25) is 4.79 Å². The molecule has 0 aromatic heterocycles. The van der Waals surface area contributed by atoms with Crippen LogP contribution in [0.1, 0.15) is 27.6 Å². The van der Waals surface area contributed by atoms with Gasteiger partial charge in [0.1, 0.15) is 0 Å². The molecule has 1 rings (SSSR count). The average Bonchev–Trinajstić information content (AvgIpc) is 2.04. The van der Waals surface area contributed by atoms with Crippen LogP contribution in [0, 0.1) is 0 Å². The molecule has 0 spiro atoms. The quantitative estimate of drug-likeness (QED) is 0.685. The summed E-state index contributed by atoms with van der Waals surface area (Å²) in [5.74, 6) is -1.04. The van der Waals surface area contributed by atoms with E-state index in [0.29, 0.717) is 5.56 Å². The number of rotatable bonds is 2. The van der Waals surface area contributed by atoms with Crippen LogP contribution in [0.3, 0.4) is 0 Å². The first-order chi connectivity index (χ1) is 5.61. The minimum Gasteiger partial charge on any atom is -0.478 e. The van der Waals surface area contributed by atoms with Crippen molar-refractivity contribution in [1.29, 1.82) is 0 Å². The Morgan fingerprint density at radius 2 is 1.46 bits per heavy atom. The summed E-state index contributed by atoms with van der Waals surface area (Å²) in [5, 5.41) is 8.53. The molecule has 0 aliphatic carbocycles. The number of carbonyl (C=O) groups excluding carboxylic acids is 1. The fraction of sp³-hybridized carbons (Fsp3) is 0.111. The summed E-state index contributed by atoms with van der Waals surface area (Å²) in [5.41, 5.74) is 0.722. The van der Waals surface area contributed by atoms with Gasteiger partial charge in [0.2, 0.25) is 0 Å². The number of benzene rings is 1. The van der Waals surface area contributed by atoms with Crippen molar-refractivity contribution in [2.24, 2.45) is 0 Å². The minimum atomic E-state index is -0.981. The third-order valence-corrected chi connectivity index (χ3v) is 1.54. The Bertz CT molecular complexity index is 280. The van der Waals surface area contributed by atoms with Crippen LogP contribution in [0.5, 0.6) is 0 Å². The lowest BCUT2D eigenvalue weighted by molar-refractivity contribution is 0.0696. The second kappa shape index (κ2) is 4.37. The van der Waals surface area contributed by atoms with Gasteiger partial charge in [-0.15, -0.1) is 0 Å². The number of hydrogen-bond donors (Lipinski definition) is 1. The Morgan fingerprint density at radius 3 is 1.77 bits per heavy atom. The fourth-order valence-corrected chi connectivity index (χ4v) is 0.848. The zero-order chi connectivity index (χ0) is 9.14. The Morgan fingerprint density at radius 1 is 1.08 bits per heavy atom. The highest BCUT2D eigenvalue weighted by atomic mass is 16.4. The van der Waals surface area contributed by atoms with Gasteiger partial charge in [-0.1, -0.05) is 12.1 Å². The van der Waals surface area contributed by atoms with E-state index in [9.17, 15) is 9.59 Å². The van der Waals surface area contributed by atoms with Crippen LogP contribution in [0.2, 0.25) is 0 Å². The van der Waals surface area contributed by atoms with Crippen molar-refractivity contribution in [3.63, 3.8) is 0 Å². The highest BCUT2D eigenvalue weighted by Gasteiger charge is 2.02. The maximum Gasteiger partial charge on any atom is 0.335 e. The second-order valence-corrected chi connectivity index (χ2v) is 2.44. The van der Waals surface area contributed by atoms with Crippen molar-refractivity contribution in [2.45, 2.75) is 6.92 Å². The summed E-state index contributed by atoms with van der Waals surface area (Å²) >= 11 is 0. The van der Waals surface area contributed by atoms with E-state index in [4.69, 9.17) is 5.11 Å². The highest BCUT2D eigenvalue weighted by molar-refractivity contribution is 5.95. The molecule has 0 saturated heterocycles. The van der Waals surface area contributed by atoms with Gasteiger partial charge in [-0.2, -0.15) is 0 Å². The summed E-state index contributed by atoms with van der Waals surface area (Å²) < 4.78 is 0. The van der Waals surface area contributed by atoms with Crippen LogP contribution in [0.15, 0.2) is 24.3 Å². The molecule has 3 N–H and O–H groups in total. The van der Waals surface area contributed by atoms with Gasteiger partial charge in [-0.25, -0.2) is 4.79 Å². The molecule has 0 atom stereocenters. The molecule has 70 valence electrons. The van der Waals surface area contributed by atoms with Gasteiger partial charge >= 0.3 is 5.97 Å².